The molecule has 1 aromatic rings. The Labute approximate surface area is 76.1 Å². The van der Waals surface area contributed by atoms with Crippen molar-refractivity contribution in [2.24, 2.45) is 0 Å². The maximum absolute atomic E-state index is 12.9. The molecule has 0 spiro atoms. The minimum Gasteiger partial charge on any atom is -0.492 e. The Bertz CT molecular complexity index is 286. The highest BCUT2D eigenvalue weighted by atomic mass is 35.5. The predicted octanol–water partition coefficient (Wildman–Crippen LogP) is 3.19. The lowest BCUT2D eigenvalue weighted by Gasteiger charge is -2.06. The number of hydrogen-bond donors (Lipinski definition) is 0. The first-order valence-corrected chi connectivity index (χ1v) is 4.11. The van der Waals surface area contributed by atoms with E-state index in [9.17, 15) is 4.39 Å². The van der Waals surface area contributed by atoms with E-state index in [1.165, 1.54) is 6.07 Å². The normalized spacial score (nSPS) is 10.0. The third-order valence-corrected chi connectivity index (χ3v) is 1.81. The Morgan fingerprint density at radius 1 is 1.50 bits per heavy atom. The zero-order valence-corrected chi connectivity index (χ0v) is 7.78. The summed E-state index contributed by atoms with van der Waals surface area (Å²) in [6.07, 6.45) is 0. The largest absolute Gasteiger partial charge is 0.492 e. The summed E-state index contributed by atoms with van der Waals surface area (Å²) in [5, 5.41) is 0.454. The molecule has 0 aliphatic rings. The second kappa shape index (κ2) is 3.76. The van der Waals surface area contributed by atoms with Crippen LogP contribution < -0.4 is 4.74 Å². The summed E-state index contributed by atoms with van der Waals surface area (Å²) in [4.78, 5) is 0. The minimum absolute atomic E-state index is 0.289. The molecule has 1 nitrogen and oxygen atoms in total. The highest BCUT2D eigenvalue weighted by molar-refractivity contribution is 6.32. The number of ether oxygens (including phenoxy) is 1. The molecule has 12 heavy (non-hydrogen) atoms. The van der Waals surface area contributed by atoms with Gasteiger partial charge in [0.15, 0.2) is 0 Å². The van der Waals surface area contributed by atoms with Gasteiger partial charge in [-0.05, 0) is 25.5 Å². The average molecular weight is 189 g/mol. The molecule has 0 amide bonds. The first-order valence-electron chi connectivity index (χ1n) is 3.73. The Balaban J connectivity index is 3.05. The van der Waals surface area contributed by atoms with E-state index >= 15 is 0 Å². The molecule has 0 radical (unpaired) electrons. The van der Waals surface area contributed by atoms with Crippen molar-refractivity contribution in [1.82, 2.24) is 0 Å². The Hall–Kier alpha value is -0.760. The Morgan fingerprint density at radius 2 is 2.17 bits per heavy atom. The lowest BCUT2D eigenvalue weighted by molar-refractivity contribution is 0.338. The van der Waals surface area contributed by atoms with Crippen LogP contribution in [0.2, 0.25) is 5.02 Å². The quantitative estimate of drug-likeness (QED) is 0.693. The van der Waals surface area contributed by atoms with Gasteiger partial charge in [0.2, 0.25) is 0 Å². The molecule has 0 saturated carbocycles. The van der Waals surface area contributed by atoms with E-state index < -0.39 is 0 Å². The maximum atomic E-state index is 12.9. The van der Waals surface area contributed by atoms with Crippen molar-refractivity contribution < 1.29 is 9.13 Å². The monoisotopic (exact) mass is 188 g/mol. The fourth-order valence-corrected chi connectivity index (χ4v) is 1.17. The Morgan fingerprint density at radius 3 is 2.75 bits per heavy atom. The van der Waals surface area contributed by atoms with Crippen molar-refractivity contribution in [2.45, 2.75) is 13.8 Å². The second-order valence-electron chi connectivity index (χ2n) is 2.46. The van der Waals surface area contributed by atoms with Crippen molar-refractivity contribution in [3.05, 3.63) is 28.5 Å². The molecule has 0 unspecified atom stereocenters. The topological polar surface area (TPSA) is 9.23 Å². The van der Waals surface area contributed by atoms with Crippen molar-refractivity contribution in [1.29, 1.82) is 0 Å². The summed E-state index contributed by atoms with van der Waals surface area (Å²) in [5.74, 6) is 0.116. The van der Waals surface area contributed by atoms with Gasteiger partial charge in [-0.2, -0.15) is 0 Å². The van der Waals surface area contributed by atoms with E-state index in [0.29, 0.717) is 22.9 Å². The molecule has 3 heteroatoms. The number of halogens is 2. The summed E-state index contributed by atoms with van der Waals surface area (Å²) >= 11 is 5.79. The lowest BCUT2D eigenvalue weighted by Crippen LogP contribution is -1.94. The molecule has 66 valence electrons. The van der Waals surface area contributed by atoms with Crippen molar-refractivity contribution >= 4 is 11.6 Å². The van der Waals surface area contributed by atoms with Crippen LogP contribution in [0.25, 0.3) is 0 Å². The van der Waals surface area contributed by atoms with Crippen LogP contribution in [0, 0.1) is 12.7 Å². The molecule has 0 aromatic heterocycles. The van der Waals surface area contributed by atoms with Gasteiger partial charge in [-0.3, -0.25) is 0 Å². The van der Waals surface area contributed by atoms with Gasteiger partial charge in [0.25, 0.3) is 0 Å². The van der Waals surface area contributed by atoms with Gasteiger partial charge in [-0.15, -0.1) is 0 Å². The fourth-order valence-electron chi connectivity index (χ4n) is 0.894. The first kappa shape index (κ1) is 9.33. The number of hydrogen-bond acceptors (Lipinski definition) is 1. The smallest absolute Gasteiger partial charge is 0.140 e. The first-order chi connectivity index (χ1) is 5.65. The highest BCUT2D eigenvalue weighted by Gasteiger charge is 2.05. The van der Waals surface area contributed by atoms with Crippen LogP contribution in [0.4, 0.5) is 4.39 Å². The van der Waals surface area contributed by atoms with E-state index in [-0.39, 0.29) is 5.82 Å². The van der Waals surface area contributed by atoms with Gasteiger partial charge in [0.1, 0.15) is 11.6 Å². The molecule has 0 saturated heterocycles. The number of benzene rings is 1. The fraction of sp³-hybridized carbons (Fsp3) is 0.333. The summed E-state index contributed by atoms with van der Waals surface area (Å²) in [7, 11) is 0. The van der Waals surface area contributed by atoms with Crippen molar-refractivity contribution in [3.63, 3.8) is 0 Å². The van der Waals surface area contributed by atoms with E-state index in [4.69, 9.17) is 16.3 Å². The predicted molar refractivity (Wildman–Crippen MR) is 47.3 cm³/mol. The van der Waals surface area contributed by atoms with Gasteiger partial charge in [-0.25, -0.2) is 4.39 Å². The molecule has 0 heterocycles. The molecule has 0 N–H and O–H groups in total. The molecule has 0 atom stereocenters. The van der Waals surface area contributed by atoms with E-state index in [2.05, 4.69) is 0 Å². The van der Waals surface area contributed by atoms with Gasteiger partial charge < -0.3 is 4.74 Å². The maximum Gasteiger partial charge on any atom is 0.140 e. The third kappa shape index (κ3) is 1.89. The van der Waals surface area contributed by atoms with Crippen LogP contribution >= 0.6 is 11.6 Å². The zero-order chi connectivity index (χ0) is 9.14. The number of rotatable bonds is 2. The van der Waals surface area contributed by atoms with Gasteiger partial charge in [0, 0.05) is 6.07 Å². The SMILES string of the molecule is CCOc1cc(F)c(C)cc1Cl. The second-order valence-corrected chi connectivity index (χ2v) is 2.87. The van der Waals surface area contributed by atoms with E-state index in [1.807, 2.05) is 6.92 Å². The van der Waals surface area contributed by atoms with Gasteiger partial charge >= 0.3 is 0 Å². The minimum atomic E-state index is -0.289. The van der Waals surface area contributed by atoms with Crippen molar-refractivity contribution in [2.75, 3.05) is 6.61 Å². The summed E-state index contributed by atoms with van der Waals surface area (Å²) in [5.41, 5.74) is 0.531. The average Bonchev–Trinajstić information content (AvgIpc) is 2.01. The van der Waals surface area contributed by atoms with Crippen LogP contribution in [-0.2, 0) is 0 Å². The van der Waals surface area contributed by atoms with Gasteiger partial charge in [0.05, 0.1) is 11.6 Å². The number of aryl methyl sites for hydroxylation is 1. The molecule has 1 aromatic carbocycles. The third-order valence-electron chi connectivity index (χ3n) is 1.51. The molecule has 1 rings (SSSR count). The van der Waals surface area contributed by atoms with E-state index in [0.717, 1.165) is 0 Å². The lowest BCUT2D eigenvalue weighted by atomic mass is 10.2. The van der Waals surface area contributed by atoms with Crippen LogP contribution in [0.5, 0.6) is 5.75 Å². The molecule has 0 fully saturated rings. The molecular formula is C9H10ClFO. The summed E-state index contributed by atoms with van der Waals surface area (Å²) in [6.45, 7) is 3.98. The highest BCUT2D eigenvalue weighted by Crippen LogP contribution is 2.27. The van der Waals surface area contributed by atoms with Crippen molar-refractivity contribution in [3.8, 4) is 5.75 Å². The molecule has 0 aliphatic heterocycles. The standard InChI is InChI=1S/C9H10ClFO/c1-3-12-9-5-8(11)6(2)4-7(9)10/h4-5H,3H2,1-2H3. The Kier molecular flexibility index (Phi) is 2.93. The molecule has 0 bridgehead atoms. The zero-order valence-electron chi connectivity index (χ0n) is 7.03. The van der Waals surface area contributed by atoms with Crippen LogP contribution in [0.15, 0.2) is 12.1 Å². The van der Waals surface area contributed by atoms with Gasteiger partial charge in [-0.1, -0.05) is 11.6 Å². The van der Waals surface area contributed by atoms with Crippen LogP contribution in [0.1, 0.15) is 12.5 Å². The summed E-state index contributed by atoms with van der Waals surface area (Å²) in [6, 6.07) is 2.86. The van der Waals surface area contributed by atoms with Crippen LogP contribution in [0.3, 0.4) is 0 Å². The van der Waals surface area contributed by atoms with Crippen LogP contribution in [-0.4, -0.2) is 6.61 Å². The summed E-state index contributed by atoms with van der Waals surface area (Å²) < 4.78 is 18.0. The molecular weight excluding hydrogens is 179 g/mol. The molecule has 0 aliphatic carbocycles. The van der Waals surface area contributed by atoms with E-state index in [1.54, 1.807) is 13.0 Å².